The third kappa shape index (κ3) is 3.63. The molecule has 0 fully saturated rings. The summed E-state index contributed by atoms with van der Waals surface area (Å²) in [5.41, 5.74) is 1.02. The molecule has 2 N–H and O–H groups in total. The Balaban J connectivity index is 2.10. The number of thiophene rings is 1. The third-order valence-corrected chi connectivity index (χ3v) is 4.45. The molecule has 0 radical (unpaired) electrons. The quantitative estimate of drug-likeness (QED) is 0.816. The molecule has 0 aliphatic rings. The summed E-state index contributed by atoms with van der Waals surface area (Å²) >= 11 is 2.93. The highest BCUT2D eigenvalue weighted by atomic mass is 32.1. The normalized spacial score (nSPS) is 10.7. The minimum Gasteiger partial charge on any atom is -0.396 e. The Morgan fingerprint density at radius 1 is 1.30 bits per heavy atom. The zero-order valence-electron chi connectivity index (χ0n) is 10.9. The van der Waals surface area contributed by atoms with E-state index in [1.165, 1.54) is 11.3 Å². The Bertz CT molecular complexity index is 540. The summed E-state index contributed by atoms with van der Waals surface area (Å²) < 4.78 is 0. The van der Waals surface area contributed by atoms with Gasteiger partial charge >= 0.3 is 0 Å². The second-order valence-corrected chi connectivity index (χ2v) is 5.95. The summed E-state index contributed by atoms with van der Waals surface area (Å²) in [6, 6.07) is 1.97. The fourth-order valence-corrected chi connectivity index (χ4v) is 3.34. The van der Waals surface area contributed by atoms with E-state index >= 15 is 0 Å². The van der Waals surface area contributed by atoms with Gasteiger partial charge in [0, 0.05) is 30.6 Å². The van der Waals surface area contributed by atoms with E-state index in [1.54, 1.807) is 22.4 Å². The summed E-state index contributed by atoms with van der Waals surface area (Å²) in [6.07, 6.45) is 2.07. The second kappa shape index (κ2) is 7.49. The molecule has 1 amide bonds. The molecule has 0 atom stereocenters. The van der Waals surface area contributed by atoms with E-state index in [4.69, 9.17) is 10.2 Å². The van der Waals surface area contributed by atoms with Crippen molar-refractivity contribution in [2.45, 2.75) is 6.42 Å². The van der Waals surface area contributed by atoms with E-state index in [-0.39, 0.29) is 25.7 Å². The first-order valence-electron chi connectivity index (χ1n) is 6.25. The summed E-state index contributed by atoms with van der Waals surface area (Å²) in [6.45, 7) is 0.636. The number of hydrogen-bond donors (Lipinski definition) is 2. The standard InChI is InChI=1S/C13H16N2O3S2/c16-5-1-3-15(4-6-17)13(18)11-8-14-12(20-11)10-2-7-19-9-10/h2,7-9,16-17H,1,3-6H2. The van der Waals surface area contributed by atoms with Gasteiger partial charge in [0.15, 0.2) is 0 Å². The highest BCUT2D eigenvalue weighted by molar-refractivity contribution is 7.17. The van der Waals surface area contributed by atoms with Gasteiger partial charge in [-0.15, -0.1) is 11.3 Å². The van der Waals surface area contributed by atoms with E-state index in [1.807, 2.05) is 16.8 Å². The smallest absolute Gasteiger partial charge is 0.265 e. The number of thiazole rings is 1. The summed E-state index contributed by atoms with van der Waals surface area (Å²) in [7, 11) is 0. The molecule has 0 bridgehead atoms. The maximum Gasteiger partial charge on any atom is 0.265 e. The molecule has 20 heavy (non-hydrogen) atoms. The van der Waals surface area contributed by atoms with Crippen molar-refractivity contribution in [1.29, 1.82) is 0 Å². The zero-order chi connectivity index (χ0) is 14.4. The number of carbonyl (C=O) groups excluding carboxylic acids is 1. The van der Waals surface area contributed by atoms with Crippen molar-refractivity contribution in [3.63, 3.8) is 0 Å². The molecule has 0 unspecified atom stereocenters. The predicted molar refractivity (Wildman–Crippen MR) is 80.1 cm³/mol. The van der Waals surface area contributed by atoms with E-state index in [0.717, 1.165) is 10.6 Å². The van der Waals surface area contributed by atoms with Crippen molar-refractivity contribution in [1.82, 2.24) is 9.88 Å². The Kier molecular flexibility index (Phi) is 5.66. The van der Waals surface area contributed by atoms with Gasteiger partial charge in [-0.1, -0.05) is 0 Å². The van der Waals surface area contributed by atoms with Crippen LogP contribution in [0.3, 0.4) is 0 Å². The summed E-state index contributed by atoms with van der Waals surface area (Å²) in [5.74, 6) is -0.147. The van der Waals surface area contributed by atoms with Crippen LogP contribution in [-0.2, 0) is 0 Å². The molecule has 0 spiro atoms. The van der Waals surface area contributed by atoms with Gasteiger partial charge in [0.1, 0.15) is 9.88 Å². The number of carbonyl (C=O) groups is 1. The van der Waals surface area contributed by atoms with Crippen LogP contribution in [0.1, 0.15) is 16.1 Å². The van der Waals surface area contributed by atoms with Gasteiger partial charge in [-0.05, 0) is 17.9 Å². The molecule has 7 heteroatoms. The van der Waals surface area contributed by atoms with Crippen molar-refractivity contribution in [3.8, 4) is 10.6 Å². The first-order valence-corrected chi connectivity index (χ1v) is 8.01. The van der Waals surface area contributed by atoms with Crippen molar-refractivity contribution < 1.29 is 15.0 Å². The monoisotopic (exact) mass is 312 g/mol. The Morgan fingerprint density at radius 3 is 2.80 bits per heavy atom. The lowest BCUT2D eigenvalue weighted by atomic mass is 10.3. The van der Waals surface area contributed by atoms with Gasteiger partial charge in [-0.2, -0.15) is 11.3 Å². The van der Waals surface area contributed by atoms with Crippen LogP contribution in [0, 0.1) is 0 Å². The molecule has 0 aliphatic heterocycles. The lowest BCUT2D eigenvalue weighted by Crippen LogP contribution is -2.34. The van der Waals surface area contributed by atoms with E-state index in [9.17, 15) is 4.79 Å². The van der Waals surface area contributed by atoms with Gasteiger partial charge in [-0.25, -0.2) is 4.98 Å². The SMILES string of the molecule is O=C(c1cnc(-c2ccsc2)s1)N(CCO)CCCO. The Labute approximate surface area is 125 Å². The predicted octanol–water partition coefficient (Wildman–Crippen LogP) is 1.69. The average Bonchev–Trinajstić information content (AvgIpc) is 3.12. The van der Waals surface area contributed by atoms with Gasteiger partial charge in [0.2, 0.25) is 0 Å². The first kappa shape index (κ1) is 15.1. The molecule has 2 aromatic rings. The number of hydrogen-bond acceptors (Lipinski definition) is 6. The van der Waals surface area contributed by atoms with Crippen LogP contribution >= 0.6 is 22.7 Å². The van der Waals surface area contributed by atoms with Crippen LogP contribution < -0.4 is 0 Å². The van der Waals surface area contributed by atoms with Crippen molar-refractivity contribution in [2.24, 2.45) is 0 Å². The number of rotatable bonds is 7. The van der Waals surface area contributed by atoms with Crippen molar-refractivity contribution in [2.75, 3.05) is 26.3 Å². The van der Waals surface area contributed by atoms with Gasteiger partial charge in [0.05, 0.1) is 12.8 Å². The topological polar surface area (TPSA) is 73.7 Å². The van der Waals surface area contributed by atoms with Crippen LogP contribution in [0.4, 0.5) is 0 Å². The van der Waals surface area contributed by atoms with Crippen LogP contribution in [0.5, 0.6) is 0 Å². The summed E-state index contributed by atoms with van der Waals surface area (Å²) in [5, 5.41) is 22.7. The molecule has 108 valence electrons. The minimum absolute atomic E-state index is 0.0258. The summed E-state index contributed by atoms with van der Waals surface area (Å²) in [4.78, 5) is 18.7. The number of aromatic nitrogens is 1. The third-order valence-electron chi connectivity index (χ3n) is 2.73. The largest absolute Gasteiger partial charge is 0.396 e. The van der Waals surface area contributed by atoms with E-state index < -0.39 is 0 Å². The fraction of sp³-hybridized carbons (Fsp3) is 0.385. The maximum absolute atomic E-state index is 12.3. The Morgan fingerprint density at radius 2 is 2.15 bits per heavy atom. The number of aliphatic hydroxyl groups excluding tert-OH is 2. The molecule has 0 aliphatic carbocycles. The van der Waals surface area contributed by atoms with E-state index in [2.05, 4.69) is 4.98 Å². The van der Waals surface area contributed by atoms with Gasteiger partial charge in [-0.3, -0.25) is 4.79 Å². The zero-order valence-corrected chi connectivity index (χ0v) is 12.5. The van der Waals surface area contributed by atoms with E-state index in [0.29, 0.717) is 17.8 Å². The maximum atomic E-state index is 12.3. The average molecular weight is 312 g/mol. The van der Waals surface area contributed by atoms with Crippen LogP contribution in [0.15, 0.2) is 23.0 Å². The number of aliphatic hydroxyl groups is 2. The van der Waals surface area contributed by atoms with Gasteiger partial charge < -0.3 is 15.1 Å². The first-order chi connectivity index (χ1) is 9.76. The van der Waals surface area contributed by atoms with Crippen LogP contribution in [-0.4, -0.2) is 52.3 Å². The highest BCUT2D eigenvalue weighted by Gasteiger charge is 2.18. The molecule has 0 saturated heterocycles. The second-order valence-electron chi connectivity index (χ2n) is 4.13. The lowest BCUT2D eigenvalue weighted by Gasteiger charge is -2.20. The molecule has 5 nitrogen and oxygen atoms in total. The molecular weight excluding hydrogens is 296 g/mol. The molecule has 2 rings (SSSR count). The highest BCUT2D eigenvalue weighted by Crippen LogP contribution is 2.27. The van der Waals surface area contributed by atoms with Crippen LogP contribution in [0.2, 0.25) is 0 Å². The minimum atomic E-state index is -0.147. The lowest BCUT2D eigenvalue weighted by molar-refractivity contribution is 0.0714. The van der Waals surface area contributed by atoms with Crippen LogP contribution in [0.25, 0.3) is 10.6 Å². The molecule has 0 aromatic carbocycles. The fourth-order valence-electron chi connectivity index (χ4n) is 1.75. The molecule has 0 saturated carbocycles. The van der Waals surface area contributed by atoms with Gasteiger partial charge in [0.25, 0.3) is 5.91 Å². The van der Waals surface area contributed by atoms with Crippen molar-refractivity contribution in [3.05, 3.63) is 27.9 Å². The number of nitrogens with zero attached hydrogens (tertiary/aromatic N) is 2. The molecular formula is C13H16N2O3S2. The molecule has 2 heterocycles. The molecule has 2 aromatic heterocycles. The number of amides is 1. The van der Waals surface area contributed by atoms with Crippen molar-refractivity contribution >= 4 is 28.6 Å². The Hall–Kier alpha value is -1.28.